The summed E-state index contributed by atoms with van der Waals surface area (Å²) in [6, 6.07) is 4.63. The van der Waals surface area contributed by atoms with E-state index in [9.17, 15) is 29.0 Å². The molecular weight excluding hydrogens is 616 g/mol. The Kier molecular flexibility index (Phi) is 11.7. The summed E-state index contributed by atoms with van der Waals surface area (Å²) in [4.78, 5) is 51.0. The maximum atomic E-state index is 16.1. The highest BCUT2D eigenvalue weighted by Crippen LogP contribution is 2.53. The van der Waals surface area contributed by atoms with Gasteiger partial charge in [-0.1, -0.05) is 25.7 Å². The van der Waals surface area contributed by atoms with Crippen LogP contribution in [0.25, 0.3) is 0 Å². The molecule has 0 atom stereocenters. The number of halogens is 1. The standard InChI is InChI=1S/C34H49FNO9P/c1-21-17-27(45-34(46(40,41)42,19-43-30(38)32(3,4)5)20-44-31(39)33(6,7)8)28(35)22(2)25(21)18-24-15-16-26(37)29(36-24)23-13-11-9-10-12-14-23/h15-17,23,37H,9-14,18-20H2,1-8H3,(H2,40,41,42). The first kappa shape index (κ1) is 37.4. The summed E-state index contributed by atoms with van der Waals surface area (Å²) in [5, 5.41) is 7.85. The number of hydrogen-bond donors (Lipinski definition) is 3. The van der Waals surface area contributed by atoms with E-state index in [4.69, 9.17) is 19.2 Å². The van der Waals surface area contributed by atoms with Gasteiger partial charge in [-0.25, -0.2) is 4.39 Å². The smallest absolute Gasteiger partial charge is 0.376 e. The van der Waals surface area contributed by atoms with E-state index >= 15 is 4.39 Å². The van der Waals surface area contributed by atoms with Gasteiger partial charge in [-0.2, -0.15) is 0 Å². The number of pyridine rings is 1. The van der Waals surface area contributed by atoms with Gasteiger partial charge in [0.15, 0.2) is 11.6 Å². The summed E-state index contributed by atoms with van der Waals surface area (Å²) < 4.78 is 45.4. The third-order valence-corrected chi connectivity index (χ3v) is 9.71. The van der Waals surface area contributed by atoms with Crippen molar-refractivity contribution in [1.29, 1.82) is 0 Å². The van der Waals surface area contributed by atoms with Crippen LogP contribution in [-0.2, 0) is 30.0 Å². The van der Waals surface area contributed by atoms with Crippen molar-refractivity contribution in [2.75, 3.05) is 13.2 Å². The highest BCUT2D eigenvalue weighted by atomic mass is 31.2. The Labute approximate surface area is 271 Å². The number of nitrogens with zero attached hydrogens (tertiary/aromatic N) is 1. The fourth-order valence-electron chi connectivity index (χ4n) is 5.27. The minimum absolute atomic E-state index is 0.145. The number of aromatic hydroxyl groups is 1. The molecule has 12 heteroatoms. The first-order valence-electron chi connectivity index (χ1n) is 15.7. The van der Waals surface area contributed by atoms with Crippen LogP contribution in [0.15, 0.2) is 18.2 Å². The minimum Gasteiger partial charge on any atom is -0.506 e. The van der Waals surface area contributed by atoms with E-state index in [1.54, 1.807) is 60.6 Å². The molecule has 1 saturated carbocycles. The molecule has 0 radical (unpaired) electrons. The van der Waals surface area contributed by atoms with Crippen molar-refractivity contribution >= 4 is 19.5 Å². The summed E-state index contributed by atoms with van der Waals surface area (Å²) in [5.74, 6) is -2.67. The van der Waals surface area contributed by atoms with E-state index in [-0.39, 0.29) is 23.7 Å². The molecule has 1 aliphatic carbocycles. The fourth-order valence-corrected chi connectivity index (χ4v) is 5.95. The first-order valence-corrected chi connectivity index (χ1v) is 17.3. The summed E-state index contributed by atoms with van der Waals surface area (Å²) in [6.45, 7) is 10.6. The molecule has 1 aliphatic rings. The molecule has 10 nitrogen and oxygen atoms in total. The maximum absolute atomic E-state index is 16.1. The van der Waals surface area contributed by atoms with Crippen LogP contribution in [-0.4, -0.2) is 50.4 Å². The Balaban J connectivity index is 2.01. The van der Waals surface area contributed by atoms with Gasteiger partial charge in [-0.15, -0.1) is 0 Å². The van der Waals surface area contributed by atoms with Crippen molar-refractivity contribution in [3.8, 4) is 11.5 Å². The van der Waals surface area contributed by atoms with Crippen LogP contribution in [0.1, 0.15) is 114 Å². The molecule has 0 bridgehead atoms. The second-order valence-electron chi connectivity index (χ2n) is 14.4. The molecule has 1 heterocycles. The van der Waals surface area contributed by atoms with E-state index in [0.717, 1.165) is 38.5 Å². The summed E-state index contributed by atoms with van der Waals surface area (Å²) in [6.07, 6.45) is 6.59. The predicted molar refractivity (Wildman–Crippen MR) is 171 cm³/mol. The van der Waals surface area contributed by atoms with Crippen molar-refractivity contribution in [3.63, 3.8) is 0 Å². The molecule has 0 saturated heterocycles. The van der Waals surface area contributed by atoms with Gasteiger partial charge in [0.05, 0.1) is 16.5 Å². The number of aromatic nitrogens is 1. The third kappa shape index (κ3) is 9.07. The SMILES string of the molecule is Cc1cc(OC(COC(=O)C(C)(C)C)(COC(=O)C(C)(C)C)P(=O)(O)O)c(F)c(C)c1Cc1ccc(O)c(C2CCCCCC2)n1. The number of hydrogen-bond acceptors (Lipinski definition) is 8. The molecular formula is C34H49FNO9P. The van der Waals surface area contributed by atoms with Crippen LogP contribution >= 0.6 is 7.60 Å². The van der Waals surface area contributed by atoms with Gasteiger partial charge in [0.1, 0.15) is 19.0 Å². The topological polar surface area (TPSA) is 152 Å². The number of rotatable bonds is 10. The lowest BCUT2D eigenvalue weighted by Gasteiger charge is -2.35. The number of ether oxygens (including phenoxy) is 3. The lowest BCUT2D eigenvalue weighted by molar-refractivity contribution is -0.164. The number of aryl methyl sites for hydroxylation is 1. The second kappa shape index (κ2) is 14.4. The number of carbonyl (C=O) groups is 2. The Morgan fingerprint density at radius 3 is 1.93 bits per heavy atom. The van der Waals surface area contributed by atoms with Gasteiger partial charge in [0.25, 0.3) is 5.34 Å². The molecule has 1 fully saturated rings. The molecule has 0 unspecified atom stereocenters. The zero-order valence-electron chi connectivity index (χ0n) is 28.2. The zero-order chi connectivity index (χ0) is 34.7. The molecule has 3 rings (SSSR count). The van der Waals surface area contributed by atoms with Crippen molar-refractivity contribution in [2.45, 2.75) is 112 Å². The van der Waals surface area contributed by atoms with Gasteiger partial charge >= 0.3 is 19.5 Å². The summed E-state index contributed by atoms with van der Waals surface area (Å²) in [7, 11) is -5.41. The van der Waals surface area contributed by atoms with Gasteiger partial charge in [0, 0.05) is 18.0 Å². The average Bonchev–Trinajstić information content (AvgIpc) is 3.23. The van der Waals surface area contributed by atoms with E-state index in [2.05, 4.69) is 0 Å². The van der Waals surface area contributed by atoms with Gasteiger partial charge < -0.3 is 29.1 Å². The molecule has 0 aliphatic heterocycles. The van der Waals surface area contributed by atoms with E-state index in [0.29, 0.717) is 22.5 Å². The van der Waals surface area contributed by atoms with Crippen LogP contribution in [0, 0.1) is 30.5 Å². The largest absolute Gasteiger partial charge is 0.506 e. The van der Waals surface area contributed by atoms with Crippen LogP contribution in [0.3, 0.4) is 0 Å². The molecule has 3 N–H and O–H groups in total. The van der Waals surface area contributed by atoms with Crippen molar-refractivity contribution in [1.82, 2.24) is 4.98 Å². The zero-order valence-corrected chi connectivity index (χ0v) is 29.1. The third-order valence-electron chi connectivity index (χ3n) is 8.29. The summed E-state index contributed by atoms with van der Waals surface area (Å²) >= 11 is 0. The molecule has 0 spiro atoms. The Morgan fingerprint density at radius 2 is 1.46 bits per heavy atom. The predicted octanol–water partition coefficient (Wildman–Crippen LogP) is 7.00. The molecule has 46 heavy (non-hydrogen) atoms. The highest BCUT2D eigenvalue weighted by Gasteiger charge is 2.54. The van der Waals surface area contributed by atoms with E-state index in [1.165, 1.54) is 13.0 Å². The van der Waals surface area contributed by atoms with Crippen molar-refractivity contribution in [2.24, 2.45) is 10.8 Å². The monoisotopic (exact) mass is 665 g/mol. The van der Waals surface area contributed by atoms with Crippen molar-refractivity contribution < 1.29 is 47.6 Å². The minimum atomic E-state index is -5.41. The van der Waals surface area contributed by atoms with Crippen LogP contribution in [0.4, 0.5) is 4.39 Å². The Morgan fingerprint density at radius 1 is 0.935 bits per heavy atom. The molecule has 2 aromatic rings. The fraction of sp³-hybridized carbons (Fsp3) is 0.618. The number of esters is 2. The van der Waals surface area contributed by atoms with Crippen LogP contribution in [0.5, 0.6) is 11.5 Å². The normalized spacial score (nSPS) is 15.3. The number of carbonyl (C=O) groups excluding carboxylic acids is 2. The van der Waals surface area contributed by atoms with Crippen LogP contribution < -0.4 is 4.74 Å². The van der Waals surface area contributed by atoms with Gasteiger partial charge in [-0.3, -0.25) is 19.1 Å². The summed E-state index contributed by atoms with van der Waals surface area (Å²) in [5.41, 5.74) is 0.550. The highest BCUT2D eigenvalue weighted by molar-refractivity contribution is 7.53. The Hall–Kier alpha value is -3.01. The van der Waals surface area contributed by atoms with Gasteiger partial charge in [0.2, 0.25) is 0 Å². The lowest BCUT2D eigenvalue weighted by atomic mass is 9.94. The molecule has 1 aromatic heterocycles. The maximum Gasteiger partial charge on any atom is 0.376 e. The first-order chi connectivity index (χ1) is 21.2. The average molecular weight is 666 g/mol. The van der Waals surface area contributed by atoms with E-state index in [1.807, 2.05) is 0 Å². The van der Waals surface area contributed by atoms with Gasteiger partial charge in [-0.05, 0) is 103 Å². The molecule has 0 amide bonds. The van der Waals surface area contributed by atoms with Crippen molar-refractivity contribution in [3.05, 3.63) is 52.1 Å². The second-order valence-corrected chi connectivity index (χ2v) is 16.3. The number of benzene rings is 1. The quantitative estimate of drug-likeness (QED) is 0.137. The molecule has 1 aromatic carbocycles. The Bertz CT molecular complexity index is 1430. The molecule has 256 valence electrons. The lowest BCUT2D eigenvalue weighted by Crippen LogP contribution is -2.48. The van der Waals surface area contributed by atoms with E-state index < -0.39 is 60.5 Å². The van der Waals surface area contributed by atoms with Crippen LogP contribution in [0.2, 0.25) is 0 Å².